The van der Waals surface area contributed by atoms with Crippen LogP contribution in [0.25, 0.3) is 0 Å². The van der Waals surface area contributed by atoms with Crippen molar-refractivity contribution in [2.45, 2.75) is 25.4 Å². The second-order valence-corrected chi connectivity index (χ2v) is 5.50. The summed E-state index contributed by atoms with van der Waals surface area (Å²) >= 11 is 0. The van der Waals surface area contributed by atoms with E-state index in [0.29, 0.717) is 19.4 Å². The maximum atomic E-state index is 12.6. The third-order valence-corrected chi connectivity index (χ3v) is 3.71. The number of para-hydroxylation sites is 1. The Balaban J connectivity index is 2.07. The summed E-state index contributed by atoms with van der Waals surface area (Å²) in [6, 6.07) is 5.13. The van der Waals surface area contributed by atoms with Crippen molar-refractivity contribution in [3.63, 3.8) is 0 Å². The number of carboxylic acid groups (broad SMARTS) is 1. The number of urea groups is 1. The lowest BCUT2D eigenvalue weighted by molar-refractivity contribution is -0.143. The molecular formula is C15H17F3N2O3. The maximum Gasteiger partial charge on any atom is 0.393 e. The molecule has 1 aromatic carbocycles. The highest BCUT2D eigenvalue weighted by Gasteiger charge is 2.30. The first-order valence-corrected chi connectivity index (χ1v) is 7.19. The first-order chi connectivity index (χ1) is 10.8. The topological polar surface area (TPSA) is 69.6 Å². The van der Waals surface area contributed by atoms with Gasteiger partial charge in [-0.3, -0.25) is 4.79 Å². The van der Waals surface area contributed by atoms with Gasteiger partial charge in [-0.15, -0.1) is 0 Å². The smallest absolute Gasteiger partial charge is 0.393 e. The Labute approximate surface area is 131 Å². The highest BCUT2D eigenvalue weighted by molar-refractivity contribution is 5.90. The van der Waals surface area contributed by atoms with E-state index in [1.165, 1.54) is 29.2 Å². The molecule has 0 spiro atoms. The van der Waals surface area contributed by atoms with E-state index in [4.69, 9.17) is 5.11 Å². The van der Waals surface area contributed by atoms with Crippen LogP contribution in [0.15, 0.2) is 24.3 Å². The number of hydrogen-bond donors (Lipinski definition) is 2. The second-order valence-electron chi connectivity index (χ2n) is 5.50. The van der Waals surface area contributed by atoms with Gasteiger partial charge in [-0.2, -0.15) is 13.2 Å². The van der Waals surface area contributed by atoms with Crippen LogP contribution in [0.5, 0.6) is 0 Å². The molecule has 1 aliphatic heterocycles. The fraction of sp³-hybridized carbons (Fsp3) is 0.467. The van der Waals surface area contributed by atoms with Crippen molar-refractivity contribution in [2.75, 3.05) is 18.4 Å². The largest absolute Gasteiger partial charge is 0.481 e. The van der Waals surface area contributed by atoms with E-state index < -0.39 is 30.5 Å². The lowest BCUT2D eigenvalue weighted by Gasteiger charge is -2.31. The van der Waals surface area contributed by atoms with Gasteiger partial charge in [0.2, 0.25) is 0 Å². The minimum Gasteiger partial charge on any atom is -0.481 e. The van der Waals surface area contributed by atoms with Crippen molar-refractivity contribution < 1.29 is 27.9 Å². The van der Waals surface area contributed by atoms with Crippen LogP contribution < -0.4 is 5.32 Å². The summed E-state index contributed by atoms with van der Waals surface area (Å²) in [7, 11) is 0. The number of aliphatic carboxylic acids is 1. The van der Waals surface area contributed by atoms with Crippen molar-refractivity contribution in [1.82, 2.24) is 4.90 Å². The first kappa shape index (κ1) is 17.1. The van der Waals surface area contributed by atoms with Crippen LogP contribution >= 0.6 is 0 Å². The molecule has 2 N–H and O–H groups in total. The number of carboxylic acids is 1. The third-order valence-electron chi connectivity index (χ3n) is 3.71. The fourth-order valence-electron chi connectivity index (χ4n) is 2.57. The summed E-state index contributed by atoms with van der Waals surface area (Å²) in [5, 5.41) is 11.5. The standard InChI is InChI=1S/C15H17F3N2O3/c16-15(17,18)8-10-4-1-2-6-12(10)19-14(23)20-7-3-5-11(9-20)13(21)22/h1-2,4,6,11H,3,5,7-9H2,(H,19,23)(H,21,22). The summed E-state index contributed by atoms with van der Waals surface area (Å²) in [4.78, 5) is 24.5. The number of carbonyl (C=O) groups is 2. The zero-order valence-corrected chi connectivity index (χ0v) is 12.3. The molecule has 1 saturated heterocycles. The lowest BCUT2D eigenvalue weighted by Crippen LogP contribution is -2.44. The number of likely N-dealkylation sites (tertiary alicyclic amines) is 1. The van der Waals surface area contributed by atoms with Crippen LogP contribution in [0.3, 0.4) is 0 Å². The number of rotatable bonds is 3. The summed E-state index contributed by atoms with van der Waals surface area (Å²) in [5.74, 6) is -1.61. The lowest BCUT2D eigenvalue weighted by atomic mass is 9.99. The number of nitrogens with zero attached hydrogens (tertiary/aromatic N) is 1. The van der Waals surface area contributed by atoms with Gasteiger partial charge in [-0.05, 0) is 24.5 Å². The van der Waals surface area contributed by atoms with Crippen LogP contribution in [0.4, 0.5) is 23.7 Å². The van der Waals surface area contributed by atoms with Gasteiger partial charge in [0, 0.05) is 18.8 Å². The van der Waals surface area contributed by atoms with E-state index in [1.54, 1.807) is 0 Å². The molecule has 1 unspecified atom stereocenters. The molecule has 0 aliphatic carbocycles. The average Bonchev–Trinajstić information content (AvgIpc) is 2.48. The molecule has 0 bridgehead atoms. The Hall–Kier alpha value is -2.25. The fourth-order valence-corrected chi connectivity index (χ4v) is 2.57. The Morgan fingerprint density at radius 2 is 2.00 bits per heavy atom. The number of piperidine rings is 1. The van der Waals surface area contributed by atoms with E-state index in [-0.39, 0.29) is 17.8 Å². The average molecular weight is 330 g/mol. The van der Waals surface area contributed by atoms with Gasteiger partial charge in [-0.25, -0.2) is 4.79 Å². The number of benzene rings is 1. The summed E-state index contributed by atoms with van der Waals surface area (Å²) in [6.45, 7) is 0.444. The van der Waals surface area contributed by atoms with Gasteiger partial charge in [0.1, 0.15) is 0 Å². The van der Waals surface area contributed by atoms with E-state index in [9.17, 15) is 22.8 Å². The van der Waals surface area contributed by atoms with Crippen molar-refractivity contribution in [2.24, 2.45) is 5.92 Å². The molecule has 1 aliphatic rings. The monoisotopic (exact) mass is 330 g/mol. The predicted molar refractivity (Wildman–Crippen MR) is 77.2 cm³/mol. The van der Waals surface area contributed by atoms with Crippen LogP contribution in [0, 0.1) is 5.92 Å². The SMILES string of the molecule is O=C(O)C1CCCN(C(=O)Nc2ccccc2CC(F)(F)F)C1. The van der Waals surface area contributed by atoms with Crippen LogP contribution in [-0.4, -0.2) is 41.3 Å². The molecule has 1 fully saturated rings. The Morgan fingerprint density at radius 1 is 1.30 bits per heavy atom. The van der Waals surface area contributed by atoms with E-state index in [1.807, 2.05) is 0 Å². The van der Waals surface area contributed by atoms with Gasteiger partial charge < -0.3 is 15.3 Å². The molecule has 5 nitrogen and oxygen atoms in total. The molecule has 2 rings (SSSR count). The van der Waals surface area contributed by atoms with Gasteiger partial charge >= 0.3 is 18.2 Å². The zero-order chi connectivity index (χ0) is 17.0. The highest BCUT2D eigenvalue weighted by Crippen LogP contribution is 2.26. The molecular weight excluding hydrogens is 313 g/mol. The molecule has 1 atom stereocenters. The summed E-state index contributed by atoms with van der Waals surface area (Å²) < 4.78 is 37.7. The van der Waals surface area contributed by atoms with Gasteiger partial charge in [-0.1, -0.05) is 18.2 Å². The maximum absolute atomic E-state index is 12.6. The number of anilines is 1. The van der Waals surface area contributed by atoms with Crippen molar-refractivity contribution in [3.05, 3.63) is 29.8 Å². The summed E-state index contributed by atoms with van der Waals surface area (Å²) in [6.07, 6.45) is -4.47. The molecule has 1 heterocycles. The Morgan fingerprint density at radius 3 is 2.65 bits per heavy atom. The van der Waals surface area contributed by atoms with Crippen molar-refractivity contribution in [3.8, 4) is 0 Å². The number of amides is 2. The molecule has 2 amide bonds. The van der Waals surface area contributed by atoms with Crippen molar-refractivity contribution >= 4 is 17.7 Å². The third kappa shape index (κ3) is 4.87. The molecule has 0 saturated carbocycles. The number of nitrogens with one attached hydrogen (secondary N) is 1. The number of halogens is 3. The number of hydrogen-bond acceptors (Lipinski definition) is 2. The second kappa shape index (κ2) is 6.89. The molecule has 8 heteroatoms. The van der Waals surface area contributed by atoms with Crippen LogP contribution in [0.1, 0.15) is 18.4 Å². The van der Waals surface area contributed by atoms with Gasteiger partial charge in [0.25, 0.3) is 0 Å². The van der Waals surface area contributed by atoms with Gasteiger partial charge in [0.05, 0.1) is 12.3 Å². The predicted octanol–water partition coefficient (Wildman–Crippen LogP) is 3.12. The Bertz CT molecular complexity index is 590. The molecule has 1 aromatic rings. The van der Waals surface area contributed by atoms with Crippen LogP contribution in [0.2, 0.25) is 0 Å². The number of carbonyl (C=O) groups excluding carboxylic acids is 1. The van der Waals surface area contributed by atoms with E-state index in [2.05, 4.69) is 5.32 Å². The normalized spacial score (nSPS) is 18.6. The van der Waals surface area contributed by atoms with E-state index >= 15 is 0 Å². The van der Waals surface area contributed by atoms with Gasteiger partial charge in [0.15, 0.2) is 0 Å². The first-order valence-electron chi connectivity index (χ1n) is 7.19. The Kier molecular flexibility index (Phi) is 5.12. The quantitative estimate of drug-likeness (QED) is 0.895. The highest BCUT2D eigenvalue weighted by atomic mass is 19.4. The zero-order valence-electron chi connectivity index (χ0n) is 12.3. The summed E-state index contributed by atoms with van der Waals surface area (Å²) in [5.41, 5.74) is 0.0624. The van der Waals surface area contributed by atoms with E-state index in [0.717, 1.165) is 0 Å². The minimum atomic E-state index is -4.37. The molecule has 126 valence electrons. The number of alkyl halides is 3. The minimum absolute atomic E-state index is 0.0276. The molecule has 0 radical (unpaired) electrons. The van der Waals surface area contributed by atoms with Crippen molar-refractivity contribution in [1.29, 1.82) is 0 Å². The molecule has 0 aromatic heterocycles. The molecule has 23 heavy (non-hydrogen) atoms. The van der Waals surface area contributed by atoms with Crippen LogP contribution in [-0.2, 0) is 11.2 Å².